The first-order valence-electron chi connectivity index (χ1n) is 8.38. The molecule has 126 valence electrons. The van der Waals surface area contributed by atoms with Crippen LogP contribution >= 0.6 is 0 Å². The SMILES string of the molecule is CCNC(=O)CC1CCCCN1C(=O)C1CCC(F)(F)CC1. The Morgan fingerprint density at radius 2 is 1.86 bits per heavy atom. The van der Waals surface area contributed by atoms with Gasteiger partial charge in [0.15, 0.2) is 0 Å². The lowest BCUT2D eigenvalue weighted by atomic mass is 9.84. The number of nitrogens with one attached hydrogen (secondary N) is 1. The molecule has 0 aromatic rings. The van der Waals surface area contributed by atoms with Gasteiger partial charge < -0.3 is 10.2 Å². The Bertz CT molecular complexity index is 405. The predicted octanol–water partition coefficient (Wildman–Crippen LogP) is 2.72. The third kappa shape index (κ3) is 4.40. The zero-order chi connectivity index (χ0) is 16.2. The molecule has 0 bridgehead atoms. The number of carbonyl (C=O) groups excluding carboxylic acids is 2. The molecule has 2 amide bonds. The maximum Gasteiger partial charge on any atom is 0.248 e. The first-order chi connectivity index (χ1) is 10.4. The van der Waals surface area contributed by atoms with E-state index in [1.165, 1.54) is 0 Å². The molecule has 6 heteroatoms. The molecule has 1 heterocycles. The molecular formula is C16H26F2N2O2. The second-order valence-corrected chi connectivity index (χ2v) is 6.47. The summed E-state index contributed by atoms with van der Waals surface area (Å²) in [5.74, 6) is -2.97. The normalized spacial score (nSPS) is 25.8. The molecule has 1 saturated heterocycles. The minimum atomic E-state index is -2.61. The van der Waals surface area contributed by atoms with Crippen LogP contribution in [0.5, 0.6) is 0 Å². The van der Waals surface area contributed by atoms with E-state index >= 15 is 0 Å². The molecule has 0 spiro atoms. The zero-order valence-corrected chi connectivity index (χ0v) is 13.2. The van der Waals surface area contributed by atoms with E-state index in [2.05, 4.69) is 5.32 Å². The number of carbonyl (C=O) groups is 2. The van der Waals surface area contributed by atoms with Gasteiger partial charge in [0.25, 0.3) is 0 Å². The first kappa shape index (κ1) is 17.2. The molecule has 1 aliphatic heterocycles. The Labute approximate surface area is 130 Å². The van der Waals surface area contributed by atoms with Gasteiger partial charge in [0.2, 0.25) is 17.7 Å². The van der Waals surface area contributed by atoms with Crippen molar-refractivity contribution >= 4 is 11.8 Å². The van der Waals surface area contributed by atoms with Gasteiger partial charge in [-0.1, -0.05) is 0 Å². The lowest BCUT2D eigenvalue weighted by molar-refractivity contribution is -0.144. The Balaban J connectivity index is 1.95. The van der Waals surface area contributed by atoms with E-state index in [-0.39, 0.29) is 49.5 Å². The lowest BCUT2D eigenvalue weighted by Crippen LogP contribution is -2.49. The highest BCUT2D eigenvalue weighted by molar-refractivity contribution is 5.81. The van der Waals surface area contributed by atoms with Crippen molar-refractivity contribution in [1.82, 2.24) is 10.2 Å². The summed E-state index contributed by atoms with van der Waals surface area (Å²) in [7, 11) is 0. The third-order valence-electron chi connectivity index (χ3n) is 4.77. The summed E-state index contributed by atoms with van der Waals surface area (Å²) >= 11 is 0. The number of amides is 2. The Morgan fingerprint density at radius 1 is 1.18 bits per heavy atom. The van der Waals surface area contributed by atoms with E-state index in [9.17, 15) is 18.4 Å². The van der Waals surface area contributed by atoms with Crippen LogP contribution in [0.15, 0.2) is 0 Å². The summed E-state index contributed by atoms with van der Waals surface area (Å²) in [5, 5.41) is 2.77. The van der Waals surface area contributed by atoms with E-state index in [4.69, 9.17) is 0 Å². The summed E-state index contributed by atoms with van der Waals surface area (Å²) in [6, 6.07) is -0.0739. The van der Waals surface area contributed by atoms with Crippen molar-refractivity contribution in [1.29, 1.82) is 0 Å². The molecule has 22 heavy (non-hydrogen) atoms. The lowest BCUT2D eigenvalue weighted by Gasteiger charge is -2.39. The molecule has 2 rings (SSSR count). The molecule has 1 aliphatic carbocycles. The number of rotatable bonds is 4. The maximum atomic E-state index is 13.2. The van der Waals surface area contributed by atoms with Gasteiger partial charge >= 0.3 is 0 Å². The van der Waals surface area contributed by atoms with Crippen molar-refractivity contribution in [3.8, 4) is 0 Å². The number of halogens is 2. The van der Waals surface area contributed by atoms with E-state index in [1.54, 1.807) is 4.90 Å². The van der Waals surface area contributed by atoms with Crippen molar-refractivity contribution in [3.63, 3.8) is 0 Å². The first-order valence-corrected chi connectivity index (χ1v) is 8.38. The predicted molar refractivity (Wildman–Crippen MR) is 79.6 cm³/mol. The van der Waals surface area contributed by atoms with E-state index in [0.29, 0.717) is 19.5 Å². The van der Waals surface area contributed by atoms with Crippen LogP contribution in [-0.2, 0) is 9.59 Å². The van der Waals surface area contributed by atoms with Crippen molar-refractivity contribution in [2.75, 3.05) is 13.1 Å². The van der Waals surface area contributed by atoms with Crippen LogP contribution in [0, 0.1) is 5.92 Å². The monoisotopic (exact) mass is 316 g/mol. The summed E-state index contributed by atoms with van der Waals surface area (Å²) in [4.78, 5) is 26.2. The van der Waals surface area contributed by atoms with Crippen LogP contribution in [-0.4, -0.2) is 41.8 Å². The number of hydrogen-bond donors (Lipinski definition) is 1. The molecule has 0 aromatic heterocycles. The molecular weight excluding hydrogens is 290 g/mol. The minimum Gasteiger partial charge on any atom is -0.356 e. The average Bonchev–Trinajstić information content (AvgIpc) is 2.47. The van der Waals surface area contributed by atoms with E-state index < -0.39 is 5.92 Å². The van der Waals surface area contributed by atoms with Gasteiger partial charge in [0.05, 0.1) is 0 Å². The van der Waals surface area contributed by atoms with Crippen molar-refractivity contribution in [3.05, 3.63) is 0 Å². The third-order valence-corrected chi connectivity index (χ3v) is 4.77. The van der Waals surface area contributed by atoms with Gasteiger partial charge in [-0.3, -0.25) is 9.59 Å². The second kappa shape index (κ2) is 7.38. The average molecular weight is 316 g/mol. The van der Waals surface area contributed by atoms with Gasteiger partial charge in [-0.2, -0.15) is 0 Å². The van der Waals surface area contributed by atoms with Crippen LogP contribution in [0.25, 0.3) is 0 Å². The smallest absolute Gasteiger partial charge is 0.248 e. The highest BCUT2D eigenvalue weighted by Gasteiger charge is 2.40. The fraction of sp³-hybridized carbons (Fsp3) is 0.875. The van der Waals surface area contributed by atoms with E-state index in [1.807, 2.05) is 6.92 Å². The molecule has 0 aromatic carbocycles. The minimum absolute atomic E-state index is 0.0236. The summed E-state index contributed by atoms with van der Waals surface area (Å²) < 4.78 is 26.5. The summed E-state index contributed by atoms with van der Waals surface area (Å²) in [5.41, 5.74) is 0. The molecule has 0 radical (unpaired) electrons. The van der Waals surface area contributed by atoms with Crippen molar-refractivity contribution < 1.29 is 18.4 Å². The fourth-order valence-electron chi connectivity index (χ4n) is 3.51. The van der Waals surface area contributed by atoms with Crippen LogP contribution < -0.4 is 5.32 Å². The Kier molecular flexibility index (Phi) is 5.75. The van der Waals surface area contributed by atoms with Crippen LogP contribution in [0.3, 0.4) is 0 Å². The van der Waals surface area contributed by atoms with Gasteiger partial charge in [0, 0.05) is 44.3 Å². The molecule has 2 aliphatic rings. The highest BCUT2D eigenvalue weighted by Crippen LogP contribution is 2.37. The summed E-state index contributed by atoms with van der Waals surface area (Å²) in [6.07, 6.45) is 3.22. The number of hydrogen-bond acceptors (Lipinski definition) is 2. The molecule has 1 N–H and O–H groups in total. The van der Waals surface area contributed by atoms with Gasteiger partial charge in [0.1, 0.15) is 0 Å². The molecule has 2 fully saturated rings. The second-order valence-electron chi connectivity index (χ2n) is 6.47. The number of piperidine rings is 1. The largest absolute Gasteiger partial charge is 0.356 e. The molecule has 1 saturated carbocycles. The standard InChI is InChI=1S/C16H26F2N2O2/c1-2-19-14(21)11-13-5-3-4-10-20(13)15(22)12-6-8-16(17,18)9-7-12/h12-13H,2-11H2,1H3,(H,19,21). The van der Waals surface area contributed by atoms with Crippen LogP contribution in [0.1, 0.15) is 58.3 Å². The molecule has 1 atom stereocenters. The number of nitrogens with zero attached hydrogens (tertiary/aromatic N) is 1. The Hall–Kier alpha value is -1.20. The molecule has 4 nitrogen and oxygen atoms in total. The maximum absolute atomic E-state index is 13.2. The van der Waals surface area contributed by atoms with Crippen molar-refractivity contribution in [2.24, 2.45) is 5.92 Å². The van der Waals surface area contributed by atoms with E-state index in [0.717, 1.165) is 19.3 Å². The Morgan fingerprint density at radius 3 is 2.50 bits per heavy atom. The highest BCUT2D eigenvalue weighted by atomic mass is 19.3. The fourth-order valence-corrected chi connectivity index (χ4v) is 3.51. The summed E-state index contributed by atoms with van der Waals surface area (Å²) in [6.45, 7) is 3.09. The molecule has 1 unspecified atom stereocenters. The topological polar surface area (TPSA) is 49.4 Å². The van der Waals surface area contributed by atoms with Crippen molar-refractivity contribution in [2.45, 2.75) is 70.3 Å². The number of alkyl halides is 2. The van der Waals surface area contributed by atoms with Gasteiger partial charge in [-0.05, 0) is 39.0 Å². The van der Waals surface area contributed by atoms with Crippen LogP contribution in [0.2, 0.25) is 0 Å². The van der Waals surface area contributed by atoms with Crippen LogP contribution in [0.4, 0.5) is 8.78 Å². The zero-order valence-electron chi connectivity index (χ0n) is 13.2. The quantitative estimate of drug-likeness (QED) is 0.867. The number of likely N-dealkylation sites (tertiary alicyclic amines) is 1. The van der Waals surface area contributed by atoms with Gasteiger partial charge in [-0.25, -0.2) is 8.78 Å². The van der Waals surface area contributed by atoms with Gasteiger partial charge in [-0.15, -0.1) is 0 Å².